The monoisotopic (exact) mass is 402 g/mol. The maximum absolute atomic E-state index is 12.0. The lowest BCUT2D eigenvalue weighted by Gasteiger charge is -2.22. The maximum Gasteiger partial charge on any atom is 0.315 e. The van der Waals surface area contributed by atoms with Crippen LogP contribution in [0.15, 0.2) is 24.3 Å². The van der Waals surface area contributed by atoms with Crippen LogP contribution in [-0.4, -0.2) is 30.4 Å². The van der Waals surface area contributed by atoms with Crippen LogP contribution in [-0.2, 0) is 16.1 Å². The number of benzene rings is 1. The van der Waals surface area contributed by atoms with Crippen LogP contribution in [0.4, 0.5) is 10.5 Å². The number of carbonyl (C=O) groups excluding carboxylic acids is 3. The molecule has 1 aliphatic carbocycles. The van der Waals surface area contributed by atoms with Gasteiger partial charge in [0.15, 0.2) is 0 Å². The Morgan fingerprint density at radius 3 is 2.55 bits per heavy atom. The number of urea groups is 1. The van der Waals surface area contributed by atoms with Crippen LogP contribution in [0.25, 0.3) is 0 Å². The second kappa shape index (κ2) is 12.8. The van der Waals surface area contributed by atoms with Crippen LogP contribution in [0.5, 0.6) is 0 Å². The Labute approximate surface area is 173 Å². The van der Waals surface area contributed by atoms with Gasteiger partial charge in [0.05, 0.1) is 0 Å². The first-order valence-electron chi connectivity index (χ1n) is 10.8. The minimum absolute atomic E-state index is 0.00582. The Kier molecular flexibility index (Phi) is 10.0. The van der Waals surface area contributed by atoms with Crippen LogP contribution in [0.3, 0.4) is 0 Å². The average molecular weight is 403 g/mol. The molecule has 0 heterocycles. The predicted octanol–water partition coefficient (Wildman–Crippen LogP) is 3.45. The van der Waals surface area contributed by atoms with E-state index in [4.69, 9.17) is 0 Å². The third kappa shape index (κ3) is 9.45. The fourth-order valence-electron chi connectivity index (χ4n) is 3.43. The van der Waals surface area contributed by atoms with Crippen molar-refractivity contribution in [1.29, 1.82) is 0 Å². The molecule has 2 rings (SSSR count). The second-order valence-corrected chi connectivity index (χ2v) is 7.61. The van der Waals surface area contributed by atoms with Gasteiger partial charge in [-0.05, 0) is 43.4 Å². The molecule has 1 saturated carbocycles. The fraction of sp³-hybridized carbons (Fsp3) is 0.591. The molecule has 29 heavy (non-hydrogen) atoms. The molecule has 0 radical (unpaired) electrons. The first-order valence-corrected chi connectivity index (χ1v) is 10.8. The van der Waals surface area contributed by atoms with Crippen molar-refractivity contribution in [3.8, 4) is 0 Å². The van der Waals surface area contributed by atoms with Crippen molar-refractivity contribution in [3.63, 3.8) is 0 Å². The molecule has 0 aliphatic heterocycles. The molecule has 0 aromatic heterocycles. The third-order valence-corrected chi connectivity index (χ3v) is 4.98. The minimum Gasteiger partial charge on any atom is -0.352 e. The largest absolute Gasteiger partial charge is 0.352 e. The van der Waals surface area contributed by atoms with E-state index in [-0.39, 0.29) is 23.9 Å². The molecule has 160 valence electrons. The average Bonchev–Trinajstić information content (AvgIpc) is 2.71. The Balaban J connectivity index is 1.59. The van der Waals surface area contributed by atoms with Gasteiger partial charge in [0.2, 0.25) is 11.8 Å². The summed E-state index contributed by atoms with van der Waals surface area (Å²) in [5, 5.41) is 11.6. The highest BCUT2D eigenvalue weighted by Gasteiger charge is 2.15. The summed E-state index contributed by atoms with van der Waals surface area (Å²) in [6.07, 6.45) is 7.98. The molecule has 4 amide bonds. The Bertz CT molecular complexity index is 672. The lowest BCUT2D eigenvalue weighted by molar-refractivity contribution is -0.121. The zero-order valence-corrected chi connectivity index (χ0v) is 17.4. The lowest BCUT2D eigenvalue weighted by atomic mass is 9.96. The Hall–Kier alpha value is -2.57. The van der Waals surface area contributed by atoms with Gasteiger partial charge in [-0.25, -0.2) is 4.79 Å². The predicted molar refractivity (Wildman–Crippen MR) is 114 cm³/mol. The zero-order chi connectivity index (χ0) is 20.9. The summed E-state index contributed by atoms with van der Waals surface area (Å²) in [4.78, 5) is 35.6. The summed E-state index contributed by atoms with van der Waals surface area (Å²) in [5.74, 6) is -0.0615. The summed E-state index contributed by atoms with van der Waals surface area (Å²) >= 11 is 0. The van der Waals surface area contributed by atoms with E-state index in [1.807, 2.05) is 31.2 Å². The van der Waals surface area contributed by atoms with Crippen molar-refractivity contribution in [3.05, 3.63) is 29.8 Å². The van der Waals surface area contributed by atoms with E-state index < -0.39 is 0 Å². The minimum atomic E-state index is -0.140. The van der Waals surface area contributed by atoms with Gasteiger partial charge in [-0.1, -0.05) is 38.3 Å². The molecule has 1 fully saturated rings. The molecular weight excluding hydrogens is 368 g/mol. The van der Waals surface area contributed by atoms with Crippen LogP contribution in [0, 0.1) is 0 Å². The summed E-state index contributed by atoms with van der Waals surface area (Å²) in [7, 11) is 0. The van der Waals surface area contributed by atoms with E-state index in [2.05, 4.69) is 21.3 Å². The highest BCUT2D eigenvalue weighted by atomic mass is 16.2. The number of hydrogen-bond acceptors (Lipinski definition) is 3. The zero-order valence-electron chi connectivity index (χ0n) is 17.4. The third-order valence-electron chi connectivity index (χ3n) is 4.98. The van der Waals surface area contributed by atoms with Crippen molar-refractivity contribution >= 4 is 23.5 Å². The van der Waals surface area contributed by atoms with E-state index in [1.54, 1.807) is 0 Å². The molecule has 0 bridgehead atoms. The van der Waals surface area contributed by atoms with E-state index in [9.17, 15) is 14.4 Å². The van der Waals surface area contributed by atoms with Gasteiger partial charge < -0.3 is 21.3 Å². The van der Waals surface area contributed by atoms with Crippen molar-refractivity contribution < 1.29 is 14.4 Å². The Morgan fingerprint density at radius 2 is 1.79 bits per heavy atom. The standard InChI is InChI=1S/C22H34N4O3/c1-2-8-21(28)25-19-12-6-9-17(15-19)16-24-20(27)13-7-14-23-22(29)26-18-10-4-3-5-11-18/h6,9,12,15,18H,2-5,7-8,10-11,13-14,16H2,1H3,(H,24,27)(H,25,28)(H2,23,26,29). The van der Waals surface area contributed by atoms with Crippen molar-refractivity contribution in [1.82, 2.24) is 16.0 Å². The summed E-state index contributed by atoms with van der Waals surface area (Å²) in [6, 6.07) is 7.62. The van der Waals surface area contributed by atoms with Crippen LogP contribution in [0.2, 0.25) is 0 Å². The normalized spacial score (nSPS) is 14.1. The van der Waals surface area contributed by atoms with Gasteiger partial charge in [0, 0.05) is 37.7 Å². The van der Waals surface area contributed by atoms with E-state index >= 15 is 0 Å². The number of nitrogens with one attached hydrogen (secondary N) is 4. The molecule has 1 aliphatic rings. The van der Waals surface area contributed by atoms with Crippen molar-refractivity contribution in [2.45, 2.75) is 77.3 Å². The molecular formula is C22H34N4O3. The number of anilines is 1. The molecule has 4 N–H and O–H groups in total. The quantitative estimate of drug-likeness (QED) is 0.451. The smallest absolute Gasteiger partial charge is 0.315 e. The maximum atomic E-state index is 12.0. The van der Waals surface area contributed by atoms with Gasteiger partial charge in [-0.15, -0.1) is 0 Å². The number of hydrogen-bond donors (Lipinski definition) is 4. The number of amides is 4. The SMILES string of the molecule is CCCC(=O)Nc1cccc(CNC(=O)CCCNC(=O)NC2CCCCC2)c1. The summed E-state index contributed by atoms with van der Waals surface area (Å²) in [5.41, 5.74) is 1.67. The van der Waals surface area contributed by atoms with Crippen molar-refractivity contribution in [2.24, 2.45) is 0 Å². The molecule has 0 spiro atoms. The van der Waals surface area contributed by atoms with Crippen LogP contribution >= 0.6 is 0 Å². The highest BCUT2D eigenvalue weighted by molar-refractivity contribution is 5.90. The first-order chi connectivity index (χ1) is 14.1. The van der Waals surface area contributed by atoms with E-state index in [1.165, 1.54) is 19.3 Å². The molecule has 7 heteroatoms. The van der Waals surface area contributed by atoms with Gasteiger partial charge in [0.25, 0.3) is 0 Å². The second-order valence-electron chi connectivity index (χ2n) is 7.61. The van der Waals surface area contributed by atoms with E-state index in [0.29, 0.717) is 32.4 Å². The lowest BCUT2D eigenvalue weighted by Crippen LogP contribution is -2.43. The molecule has 0 unspecified atom stereocenters. The van der Waals surface area contributed by atoms with Gasteiger partial charge in [-0.3, -0.25) is 9.59 Å². The van der Waals surface area contributed by atoms with Gasteiger partial charge in [-0.2, -0.15) is 0 Å². The van der Waals surface area contributed by atoms with E-state index in [0.717, 1.165) is 30.5 Å². The van der Waals surface area contributed by atoms with Gasteiger partial charge in [0.1, 0.15) is 0 Å². The first kappa shape index (κ1) is 22.7. The van der Waals surface area contributed by atoms with Crippen LogP contribution in [0.1, 0.15) is 70.3 Å². The Morgan fingerprint density at radius 1 is 1.00 bits per heavy atom. The molecule has 1 aromatic carbocycles. The molecule has 1 aromatic rings. The summed E-state index contributed by atoms with van der Waals surface area (Å²) in [6.45, 7) is 2.85. The topological polar surface area (TPSA) is 99.3 Å². The fourth-order valence-corrected chi connectivity index (χ4v) is 3.43. The van der Waals surface area contributed by atoms with Gasteiger partial charge >= 0.3 is 6.03 Å². The van der Waals surface area contributed by atoms with Crippen molar-refractivity contribution in [2.75, 3.05) is 11.9 Å². The molecule has 0 saturated heterocycles. The molecule has 0 atom stereocenters. The number of carbonyl (C=O) groups is 3. The molecule has 7 nitrogen and oxygen atoms in total. The number of rotatable bonds is 10. The summed E-state index contributed by atoms with van der Waals surface area (Å²) < 4.78 is 0. The van der Waals surface area contributed by atoms with Crippen LogP contribution < -0.4 is 21.3 Å². The highest BCUT2D eigenvalue weighted by Crippen LogP contribution is 2.17.